The zero-order valence-corrected chi connectivity index (χ0v) is 17.0. The van der Waals surface area contributed by atoms with Gasteiger partial charge in [-0.25, -0.2) is 14.4 Å². The normalized spacial score (nSPS) is 12.4. The fourth-order valence-corrected chi connectivity index (χ4v) is 3.20. The van der Waals surface area contributed by atoms with Crippen molar-refractivity contribution in [3.05, 3.63) is 89.3 Å². The topological polar surface area (TPSA) is 68.6 Å². The average Bonchev–Trinajstić information content (AvgIpc) is 3.41. The Bertz CT molecular complexity index is 1180. The van der Waals surface area contributed by atoms with E-state index in [2.05, 4.69) is 20.2 Å². The number of aromatic amines is 1. The summed E-state index contributed by atoms with van der Waals surface area (Å²) in [7, 11) is 1.65. The van der Waals surface area contributed by atoms with Crippen LogP contribution >= 0.6 is 0 Å². The number of aromatic nitrogens is 5. The molecule has 4 aromatic rings. The Morgan fingerprint density at radius 2 is 1.93 bits per heavy atom. The van der Waals surface area contributed by atoms with Crippen molar-refractivity contribution in [2.45, 2.75) is 19.8 Å². The van der Waals surface area contributed by atoms with Crippen LogP contribution in [0.2, 0.25) is 0 Å². The Morgan fingerprint density at radius 3 is 2.63 bits per heavy atom. The van der Waals surface area contributed by atoms with Crippen molar-refractivity contribution < 1.29 is 9.13 Å². The van der Waals surface area contributed by atoms with E-state index in [4.69, 9.17) is 4.74 Å². The highest BCUT2D eigenvalue weighted by molar-refractivity contribution is 5.69. The number of rotatable bonds is 6. The van der Waals surface area contributed by atoms with Crippen molar-refractivity contribution in [2.75, 3.05) is 7.11 Å². The fourth-order valence-electron chi connectivity index (χ4n) is 3.20. The summed E-state index contributed by atoms with van der Waals surface area (Å²) >= 11 is 0. The van der Waals surface area contributed by atoms with Crippen molar-refractivity contribution in [1.29, 1.82) is 0 Å². The summed E-state index contributed by atoms with van der Waals surface area (Å²) in [6.45, 7) is 3.95. The van der Waals surface area contributed by atoms with Gasteiger partial charge in [0.1, 0.15) is 17.4 Å². The zero-order valence-electron chi connectivity index (χ0n) is 17.0. The van der Waals surface area contributed by atoms with Gasteiger partial charge in [0.25, 0.3) is 0 Å². The molecule has 152 valence electrons. The smallest absolute Gasteiger partial charge is 0.173 e. The van der Waals surface area contributed by atoms with Crippen molar-refractivity contribution in [3.63, 3.8) is 0 Å². The Kier molecular flexibility index (Phi) is 5.43. The van der Waals surface area contributed by atoms with E-state index in [9.17, 15) is 4.39 Å². The summed E-state index contributed by atoms with van der Waals surface area (Å²) in [5.41, 5.74) is 3.79. The molecule has 0 radical (unpaired) electrons. The van der Waals surface area contributed by atoms with Gasteiger partial charge in [-0.15, -0.1) is 0 Å². The maximum Gasteiger partial charge on any atom is 0.173 e. The SMILES string of the molecule is COc1cc(C=Cc2n[nH]c(C(C)c3ccc(F)cc3)n2)ccc1-n1cnc(C)c1. The number of ether oxygens (including phenoxy) is 1. The molecule has 0 saturated heterocycles. The molecule has 2 heterocycles. The molecule has 2 aromatic heterocycles. The van der Waals surface area contributed by atoms with E-state index in [0.29, 0.717) is 5.82 Å². The first-order valence-corrected chi connectivity index (χ1v) is 9.58. The largest absolute Gasteiger partial charge is 0.495 e. The molecule has 0 fully saturated rings. The molecule has 30 heavy (non-hydrogen) atoms. The van der Waals surface area contributed by atoms with Crippen LogP contribution in [0.25, 0.3) is 17.8 Å². The second-order valence-corrected chi connectivity index (χ2v) is 7.04. The molecule has 0 aliphatic rings. The molecule has 4 rings (SSSR count). The lowest BCUT2D eigenvalue weighted by molar-refractivity contribution is 0.413. The van der Waals surface area contributed by atoms with E-state index in [1.54, 1.807) is 25.6 Å². The minimum Gasteiger partial charge on any atom is -0.495 e. The van der Waals surface area contributed by atoms with E-state index in [0.717, 1.165) is 34.1 Å². The van der Waals surface area contributed by atoms with Crippen LogP contribution in [0, 0.1) is 12.7 Å². The van der Waals surface area contributed by atoms with Crippen molar-refractivity contribution in [1.82, 2.24) is 24.7 Å². The van der Waals surface area contributed by atoms with Gasteiger partial charge in [0.2, 0.25) is 0 Å². The zero-order chi connectivity index (χ0) is 21.1. The van der Waals surface area contributed by atoms with Gasteiger partial charge >= 0.3 is 0 Å². The quantitative estimate of drug-likeness (QED) is 0.504. The summed E-state index contributed by atoms with van der Waals surface area (Å²) in [6, 6.07) is 12.4. The molecule has 0 aliphatic heterocycles. The van der Waals surface area contributed by atoms with Crippen LogP contribution in [0.5, 0.6) is 5.75 Å². The van der Waals surface area contributed by atoms with Crippen molar-refractivity contribution in [2.24, 2.45) is 0 Å². The minimum atomic E-state index is -0.253. The number of nitrogens with zero attached hydrogens (tertiary/aromatic N) is 4. The Balaban J connectivity index is 1.52. The van der Waals surface area contributed by atoms with Crippen molar-refractivity contribution in [3.8, 4) is 11.4 Å². The van der Waals surface area contributed by atoms with Crippen LogP contribution in [0.15, 0.2) is 55.0 Å². The third-order valence-corrected chi connectivity index (χ3v) is 4.92. The van der Waals surface area contributed by atoms with Gasteiger partial charge in [-0.3, -0.25) is 5.10 Å². The van der Waals surface area contributed by atoms with Crippen LogP contribution in [-0.4, -0.2) is 31.8 Å². The highest BCUT2D eigenvalue weighted by Crippen LogP contribution is 2.26. The summed E-state index contributed by atoms with van der Waals surface area (Å²) in [4.78, 5) is 8.81. The number of hydrogen-bond donors (Lipinski definition) is 1. The molecule has 7 heteroatoms. The first kappa shape index (κ1) is 19.6. The number of benzene rings is 2. The van der Waals surface area contributed by atoms with E-state index in [1.165, 1.54) is 12.1 Å². The third kappa shape index (κ3) is 4.15. The van der Waals surface area contributed by atoms with Crippen LogP contribution in [0.4, 0.5) is 4.39 Å². The molecule has 1 atom stereocenters. The molecule has 0 spiro atoms. The number of methoxy groups -OCH3 is 1. The highest BCUT2D eigenvalue weighted by Gasteiger charge is 2.13. The highest BCUT2D eigenvalue weighted by atomic mass is 19.1. The Morgan fingerprint density at radius 1 is 1.13 bits per heavy atom. The molecular weight excluding hydrogens is 381 g/mol. The van der Waals surface area contributed by atoms with Crippen LogP contribution in [0.3, 0.4) is 0 Å². The minimum absolute atomic E-state index is 0.0155. The third-order valence-electron chi connectivity index (χ3n) is 4.92. The van der Waals surface area contributed by atoms with Gasteiger partial charge in [0, 0.05) is 12.1 Å². The molecule has 0 aliphatic carbocycles. The van der Waals surface area contributed by atoms with E-state index < -0.39 is 0 Å². The van der Waals surface area contributed by atoms with Gasteiger partial charge in [0.15, 0.2) is 5.82 Å². The molecule has 0 saturated carbocycles. The predicted molar refractivity (Wildman–Crippen MR) is 114 cm³/mol. The van der Waals surface area contributed by atoms with E-state index >= 15 is 0 Å². The van der Waals surface area contributed by atoms with Gasteiger partial charge in [-0.05, 0) is 48.4 Å². The lowest BCUT2D eigenvalue weighted by Gasteiger charge is -2.09. The second kappa shape index (κ2) is 8.32. The monoisotopic (exact) mass is 403 g/mol. The number of H-pyrrole nitrogens is 1. The molecule has 6 nitrogen and oxygen atoms in total. The van der Waals surface area contributed by atoms with Crippen molar-refractivity contribution >= 4 is 12.2 Å². The lowest BCUT2D eigenvalue weighted by Crippen LogP contribution is -1.98. The van der Waals surface area contributed by atoms with Crippen LogP contribution in [0.1, 0.15) is 41.3 Å². The van der Waals surface area contributed by atoms with E-state index in [1.807, 2.05) is 55.0 Å². The van der Waals surface area contributed by atoms with Gasteiger partial charge in [0.05, 0.1) is 24.8 Å². The molecule has 1 N–H and O–H groups in total. The molecular formula is C23H22FN5O. The summed E-state index contributed by atoms with van der Waals surface area (Å²) in [5.74, 6) is 1.78. The summed E-state index contributed by atoms with van der Waals surface area (Å²) in [5, 5.41) is 7.23. The summed E-state index contributed by atoms with van der Waals surface area (Å²) < 4.78 is 20.6. The molecule has 0 amide bonds. The summed E-state index contributed by atoms with van der Waals surface area (Å²) in [6.07, 6.45) is 7.49. The number of hydrogen-bond acceptors (Lipinski definition) is 4. The van der Waals surface area contributed by atoms with Gasteiger partial charge < -0.3 is 9.30 Å². The first-order valence-electron chi connectivity index (χ1n) is 9.58. The maximum atomic E-state index is 13.1. The lowest BCUT2D eigenvalue weighted by atomic mass is 10.0. The maximum absolute atomic E-state index is 13.1. The number of aryl methyl sites for hydroxylation is 1. The average molecular weight is 403 g/mol. The molecule has 2 aromatic carbocycles. The first-order chi connectivity index (χ1) is 14.5. The number of halogens is 1. The van der Waals surface area contributed by atoms with Gasteiger partial charge in [-0.1, -0.05) is 31.2 Å². The van der Waals surface area contributed by atoms with Crippen LogP contribution in [-0.2, 0) is 0 Å². The standard InChI is InChI=1S/C23H22FN5O/c1-15-13-29(14-25-15)20-10-4-17(12-21(20)30-3)5-11-22-26-23(28-27-22)16(2)18-6-8-19(24)9-7-18/h4-14,16H,1-3H3,(H,26,27,28). The Labute approximate surface area is 174 Å². The fraction of sp³-hybridized carbons (Fsp3) is 0.174. The second-order valence-electron chi connectivity index (χ2n) is 7.04. The predicted octanol–water partition coefficient (Wildman–Crippen LogP) is 4.77. The molecule has 0 bridgehead atoms. The Hall–Kier alpha value is -3.74. The van der Waals surface area contributed by atoms with E-state index in [-0.39, 0.29) is 11.7 Å². The van der Waals surface area contributed by atoms with Crippen LogP contribution < -0.4 is 4.74 Å². The molecule has 1 unspecified atom stereocenters. The number of imidazole rings is 1. The van der Waals surface area contributed by atoms with Gasteiger partial charge in [-0.2, -0.15) is 5.10 Å². The number of nitrogens with one attached hydrogen (secondary N) is 1.